The summed E-state index contributed by atoms with van der Waals surface area (Å²) in [6.07, 6.45) is 0.00685. The SMILES string of the molecule is NC(=O)CC(c1cccc(F)c1)c1cccc(F)c1. The van der Waals surface area contributed by atoms with Crippen LogP contribution in [0.2, 0.25) is 0 Å². The van der Waals surface area contributed by atoms with Gasteiger partial charge in [0, 0.05) is 12.3 Å². The first-order valence-electron chi connectivity index (χ1n) is 5.85. The van der Waals surface area contributed by atoms with Crippen LogP contribution in [0.15, 0.2) is 48.5 Å². The van der Waals surface area contributed by atoms with Crippen molar-refractivity contribution in [1.82, 2.24) is 0 Å². The number of halogens is 2. The van der Waals surface area contributed by atoms with Gasteiger partial charge in [-0.05, 0) is 35.4 Å². The summed E-state index contributed by atoms with van der Waals surface area (Å²) in [7, 11) is 0. The Morgan fingerprint density at radius 1 is 1.00 bits per heavy atom. The van der Waals surface area contributed by atoms with E-state index in [0.717, 1.165) is 0 Å². The third kappa shape index (κ3) is 3.37. The van der Waals surface area contributed by atoms with E-state index in [0.29, 0.717) is 11.1 Å². The summed E-state index contributed by atoms with van der Waals surface area (Å²) in [4.78, 5) is 11.2. The molecule has 0 spiro atoms. The van der Waals surface area contributed by atoms with E-state index in [2.05, 4.69) is 0 Å². The van der Waals surface area contributed by atoms with Gasteiger partial charge in [-0.15, -0.1) is 0 Å². The molecule has 0 unspecified atom stereocenters. The maximum Gasteiger partial charge on any atom is 0.218 e. The number of hydrogen-bond acceptors (Lipinski definition) is 1. The van der Waals surface area contributed by atoms with E-state index >= 15 is 0 Å². The van der Waals surface area contributed by atoms with E-state index in [9.17, 15) is 13.6 Å². The van der Waals surface area contributed by atoms with Crippen LogP contribution >= 0.6 is 0 Å². The molecule has 0 aliphatic rings. The molecule has 4 heteroatoms. The van der Waals surface area contributed by atoms with Gasteiger partial charge in [-0.25, -0.2) is 8.78 Å². The monoisotopic (exact) mass is 261 g/mol. The fraction of sp³-hybridized carbons (Fsp3) is 0.133. The van der Waals surface area contributed by atoms with Gasteiger partial charge < -0.3 is 5.73 Å². The molecule has 0 aromatic heterocycles. The van der Waals surface area contributed by atoms with Gasteiger partial charge in [0.2, 0.25) is 5.91 Å². The molecule has 2 aromatic rings. The van der Waals surface area contributed by atoms with Crippen LogP contribution < -0.4 is 5.73 Å². The van der Waals surface area contributed by atoms with Crippen molar-refractivity contribution in [3.63, 3.8) is 0 Å². The molecule has 1 amide bonds. The van der Waals surface area contributed by atoms with Crippen LogP contribution in [-0.4, -0.2) is 5.91 Å². The van der Waals surface area contributed by atoms with E-state index in [1.807, 2.05) is 0 Å². The number of benzene rings is 2. The molecule has 0 saturated heterocycles. The summed E-state index contributed by atoms with van der Waals surface area (Å²) in [5.41, 5.74) is 6.42. The molecule has 0 aliphatic heterocycles. The Bertz CT molecular complexity index is 553. The lowest BCUT2D eigenvalue weighted by molar-refractivity contribution is -0.118. The summed E-state index contributed by atoms with van der Waals surface area (Å²) >= 11 is 0. The summed E-state index contributed by atoms with van der Waals surface area (Å²) in [5.74, 6) is -1.76. The molecule has 0 saturated carbocycles. The molecular formula is C15H13F2NO. The van der Waals surface area contributed by atoms with Crippen LogP contribution in [0.4, 0.5) is 8.78 Å². The van der Waals surface area contributed by atoms with E-state index in [-0.39, 0.29) is 6.42 Å². The zero-order valence-corrected chi connectivity index (χ0v) is 10.1. The van der Waals surface area contributed by atoms with Crippen molar-refractivity contribution in [2.24, 2.45) is 5.73 Å². The summed E-state index contributed by atoms with van der Waals surface area (Å²) in [5, 5.41) is 0. The Labute approximate surface area is 109 Å². The molecule has 0 aliphatic carbocycles. The molecule has 2 N–H and O–H groups in total. The number of rotatable bonds is 4. The molecule has 0 heterocycles. The van der Waals surface area contributed by atoms with Crippen LogP contribution in [0.5, 0.6) is 0 Å². The van der Waals surface area contributed by atoms with Gasteiger partial charge in [-0.3, -0.25) is 4.79 Å². The molecule has 0 atom stereocenters. The first-order valence-corrected chi connectivity index (χ1v) is 5.85. The fourth-order valence-electron chi connectivity index (χ4n) is 2.08. The highest BCUT2D eigenvalue weighted by molar-refractivity contribution is 5.75. The van der Waals surface area contributed by atoms with Gasteiger partial charge in [0.25, 0.3) is 0 Å². The Hall–Kier alpha value is -2.23. The molecule has 0 radical (unpaired) electrons. The van der Waals surface area contributed by atoms with Gasteiger partial charge in [0.1, 0.15) is 11.6 Å². The van der Waals surface area contributed by atoms with Gasteiger partial charge in [-0.2, -0.15) is 0 Å². The lowest BCUT2D eigenvalue weighted by Gasteiger charge is -2.16. The highest BCUT2D eigenvalue weighted by Crippen LogP contribution is 2.28. The van der Waals surface area contributed by atoms with Crippen molar-refractivity contribution < 1.29 is 13.6 Å². The second-order valence-corrected chi connectivity index (χ2v) is 4.33. The minimum Gasteiger partial charge on any atom is -0.370 e. The number of hydrogen-bond donors (Lipinski definition) is 1. The topological polar surface area (TPSA) is 43.1 Å². The number of amides is 1. The van der Waals surface area contributed by atoms with Crippen molar-refractivity contribution in [3.8, 4) is 0 Å². The highest BCUT2D eigenvalue weighted by Gasteiger charge is 2.17. The van der Waals surface area contributed by atoms with Crippen molar-refractivity contribution in [1.29, 1.82) is 0 Å². The quantitative estimate of drug-likeness (QED) is 0.903. The minimum atomic E-state index is -0.515. The maximum absolute atomic E-state index is 13.3. The highest BCUT2D eigenvalue weighted by atomic mass is 19.1. The molecule has 2 rings (SSSR count). The minimum absolute atomic E-state index is 0.00685. The normalized spacial score (nSPS) is 10.7. The van der Waals surface area contributed by atoms with Gasteiger partial charge in [0.15, 0.2) is 0 Å². The average Bonchev–Trinajstić information content (AvgIpc) is 2.35. The molecule has 19 heavy (non-hydrogen) atoms. The maximum atomic E-state index is 13.3. The molecule has 0 bridgehead atoms. The second kappa shape index (κ2) is 5.61. The number of nitrogens with two attached hydrogens (primary N) is 1. The number of carbonyl (C=O) groups excluding carboxylic acids is 1. The van der Waals surface area contributed by atoms with Crippen molar-refractivity contribution in [2.75, 3.05) is 0 Å². The Morgan fingerprint density at radius 3 is 1.84 bits per heavy atom. The van der Waals surface area contributed by atoms with Crippen LogP contribution in [0.25, 0.3) is 0 Å². The van der Waals surface area contributed by atoms with E-state index < -0.39 is 23.5 Å². The molecular weight excluding hydrogens is 248 g/mol. The van der Waals surface area contributed by atoms with Gasteiger partial charge in [-0.1, -0.05) is 24.3 Å². The van der Waals surface area contributed by atoms with Crippen LogP contribution in [0.3, 0.4) is 0 Å². The van der Waals surface area contributed by atoms with Gasteiger partial charge >= 0.3 is 0 Å². The van der Waals surface area contributed by atoms with Crippen LogP contribution in [0.1, 0.15) is 23.5 Å². The van der Waals surface area contributed by atoms with Crippen molar-refractivity contribution in [2.45, 2.75) is 12.3 Å². The first-order chi connectivity index (χ1) is 9.06. The third-order valence-corrected chi connectivity index (χ3v) is 2.91. The summed E-state index contributed by atoms with van der Waals surface area (Å²) in [6.45, 7) is 0. The average molecular weight is 261 g/mol. The first kappa shape index (κ1) is 13.2. The predicted octanol–water partition coefficient (Wildman–Crippen LogP) is 2.97. The standard InChI is InChI=1S/C15H13F2NO/c16-12-5-1-3-10(7-12)14(9-15(18)19)11-4-2-6-13(17)8-11/h1-8,14H,9H2,(H2,18,19). The van der Waals surface area contributed by atoms with Crippen LogP contribution in [-0.2, 0) is 4.79 Å². The zero-order chi connectivity index (χ0) is 13.8. The van der Waals surface area contributed by atoms with E-state index in [1.165, 1.54) is 24.3 Å². The van der Waals surface area contributed by atoms with Crippen molar-refractivity contribution in [3.05, 3.63) is 71.3 Å². The number of primary amides is 1. The van der Waals surface area contributed by atoms with Crippen molar-refractivity contribution >= 4 is 5.91 Å². The molecule has 98 valence electrons. The largest absolute Gasteiger partial charge is 0.370 e. The smallest absolute Gasteiger partial charge is 0.218 e. The summed E-state index contributed by atoms with van der Waals surface area (Å²) in [6, 6.07) is 11.8. The third-order valence-electron chi connectivity index (χ3n) is 2.91. The lowest BCUT2D eigenvalue weighted by atomic mass is 9.88. The lowest BCUT2D eigenvalue weighted by Crippen LogP contribution is -2.16. The van der Waals surface area contributed by atoms with E-state index in [1.54, 1.807) is 24.3 Å². The Balaban J connectivity index is 2.44. The zero-order valence-electron chi connectivity index (χ0n) is 10.1. The van der Waals surface area contributed by atoms with Gasteiger partial charge in [0.05, 0.1) is 0 Å². The predicted molar refractivity (Wildman–Crippen MR) is 68.5 cm³/mol. The van der Waals surface area contributed by atoms with E-state index in [4.69, 9.17) is 5.73 Å². The molecule has 0 fully saturated rings. The second-order valence-electron chi connectivity index (χ2n) is 4.33. The molecule has 2 aromatic carbocycles. The summed E-state index contributed by atoms with van der Waals surface area (Å²) < 4.78 is 26.5. The Morgan fingerprint density at radius 2 is 1.47 bits per heavy atom. The molecule has 2 nitrogen and oxygen atoms in total. The number of carbonyl (C=O) groups is 1. The van der Waals surface area contributed by atoms with Crippen LogP contribution in [0, 0.1) is 11.6 Å². The fourth-order valence-corrected chi connectivity index (χ4v) is 2.08. The Kier molecular flexibility index (Phi) is 3.90.